The summed E-state index contributed by atoms with van der Waals surface area (Å²) in [4.78, 5) is 33.3. The number of hydrogen-bond donors (Lipinski definition) is 3. The molecule has 2 rings (SSSR count). The number of β-lactam (4-membered cyclic amide) rings is 1. The van der Waals surface area contributed by atoms with E-state index in [0.717, 1.165) is 35.9 Å². The van der Waals surface area contributed by atoms with Crippen LogP contribution in [0, 0.1) is 0 Å². The number of anilines is 1. The Morgan fingerprint density at radius 3 is 2.81 bits per heavy atom. The number of nitrogens with zero attached hydrogens (tertiary/aromatic N) is 3. The number of thioether (sulfide) groups is 1. The molecule has 0 spiro atoms. The number of unbranched alkanes of at least 4 members (excludes halogenated alkanes) is 1. The van der Waals surface area contributed by atoms with Gasteiger partial charge in [-0.25, -0.2) is 4.98 Å². The van der Waals surface area contributed by atoms with E-state index in [4.69, 9.17) is 5.73 Å². The zero-order valence-corrected chi connectivity index (χ0v) is 16.9. The summed E-state index contributed by atoms with van der Waals surface area (Å²) in [6.45, 7) is 1.96. The number of nitrogen functional groups attached to an aromatic ring is 1. The lowest BCUT2D eigenvalue weighted by molar-refractivity contribution is -0.140. The number of rotatable bonds is 9. The van der Waals surface area contributed by atoms with E-state index in [2.05, 4.69) is 20.3 Å². The minimum absolute atomic E-state index is 0.158. The van der Waals surface area contributed by atoms with Crippen LogP contribution in [0.3, 0.4) is 0 Å². The van der Waals surface area contributed by atoms with Gasteiger partial charge in [0.2, 0.25) is 0 Å². The summed E-state index contributed by atoms with van der Waals surface area (Å²) in [5.41, 5.74) is 5.50. The maximum absolute atomic E-state index is 12.5. The summed E-state index contributed by atoms with van der Waals surface area (Å²) >= 11 is 2.24. The number of nitrogens with two attached hydrogens (primary N) is 1. The van der Waals surface area contributed by atoms with Gasteiger partial charge in [0, 0.05) is 5.38 Å². The molecule has 2 heterocycles. The van der Waals surface area contributed by atoms with Gasteiger partial charge in [0.1, 0.15) is 24.2 Å². The summed E-state index contributed by atoms with van der Waals surface area (Å²) in [7, 11) is -3.48. The number of nitrogens with one attached hydrogen (secondary N) is 1. The fourth-order valence-corrected chi connectivity index (χ4v) is 5.32. The van der Waals surface area contributed by atoms with E-state index in [0.29, 0.717) is 10.1 Å². The molecule has 1 fully saturated rings. The van der Waals surface area contributed by atoms with Crippen LogP contribution >= 0.6 is 23.1 Å². The third kappa shape index (κ3) is 4.88. The standard InChI is InChI=1S/C13H19N5O6S3/c1-3-4-5-25-12-9(11(20)18(12)27(21,22)23)16-10(19)8(17-24-2)7-6-26-13(14)15-7/h6,9,12H,3-5H2,1-2H3,(H2,14,15)(H,16,19)(H,21,22,23)/t9-,12+/m1/s1. The molecule has 2 amide bonds. The van der Waals surface area contributed by atoms with E-state index in [1.54, 1.807) is 0 Å². The number of aromatic nitrogens is 1. The summed E-state index contributed by atoms with van der Waals surface area (Å²) in [6.07, 6.45) is 1.65. The van der Waals surface area contributed by atoms with Gasteiger partial charge in [-0.2, -0.15) is 12.7 Å². The highest BCUT2D eigenvalue weighted by atomic mass is 32.2. The molecule has 27 heavy (non-hydrogen) atoms. The second kappa shape index (κ2) is 8.86. The van der Waals surface area contributed by atoms with E-state index in [1.807, 2.05) is 6.92 Å². The van der Waals surface area contributed by atoms with Gasteiger partial charge in [0.05, 0.1) is 0 Å². The lowest BCUT2D eigenvalue weighted by atomic mass is 10.1. The molecule has 4 N–H and O–H groups in total. The molecule has 0 radical (unpaired) electrons. The van der Waals surface area contributed by atoms with Gasteiger partial charge in [-0.3, -0.25) is 14.1 Å². The average molecular weight is 438 g/mol. The summed E-state index contributed by atoms with van der Waals surface area (Å²) < 4.78 is 32.5. The monoisotopic (exact) mass is 437 g/mol. The first-order valence-corrected chi connectivity index (χ1v) is 11.1. The number of amides is 2. The maximum Gasteiger partial charge on any atom is 0.363 e. The first kappa shape index (κ1) is 21.4. The molecule has 0 aromatic carbocycles. The molecule has 11 nitrogen and oxygen atoms in total. The second-order valence-corrected chi connectivity index (χ2v) is 8.77. The van der Waals surface area contributed by atoms with E-state index in [9.17, 15) is 22.6 Å². The van der Waals surface area contributed by atoms with Gasteiger partial charge in [-0.05, 0) is 12.2 Å². The lowest BCUT2D eigenvalue weighted by Gasteiger charge is -2.43. The molecule has 1 saturated heterocycles. The van der Waals surface area contributed by atoms with Crippen LogP contribution < -0.4 is 11.1 Å². The third-order valence-corrected chi connectivity index (χ3v) is 6.54. The third-order valence-electron chi connectivity index (χ3n) is 3.48. The van der Waals surface area contributed by atoms with Crippen LogP contribution in [-0.2, 0) is 24.7 Å². The van der Waals surface area contributed by atoms with Crippen LogP contribution in [0.25, 0.3) is 0 Å². The Morgan fingerprint density at radius 2 is 2.30 bits per heavy atom. The molecule has 0 bridgehead atoms. The largest absolute Gasteiger partial charge is 0.398 e. The maximum atomic E-state index is 12.5. The quantitative estimate of drug-likeness (QED) is 0.159. The van der Waals surface area contributed by atoms with Crippen LogP contribution in [0.15, 0.2) is 10.5 Å². The number of thiazole rings is 1. The molecular weight excluding hydrogens is 418 g/mol. The van der Waals surface area contributed by atoms with Crippen molar-refractivity contribution in [2.24, 2.45) is 5.16 Å². The number of hydrogen-bond acceptors (Lipinski definition) is 10. The minimum atomic E-state index is -4.72. The van der Waals surface area contributed by atoms with Crippen LogP contribution in [-0.4, -0.2) is 64.1 Å². The van der Waals surface area contributed by atoms with E-state index in [-0.39, 0.29) is 16.5 Å². The zero-order chi connectivity index (χ0) is 20.2. The Bertz CT molecular complexity index is 839. The van der Waals surface area contributed by atoms with Crippen molar-refractivity contribution < 1.29 is 27.4 Å². The highest BCUT2D eigenvalue weighted by Gasteiger charge is 2.54. The molecule has 0 saturated carbocycles. The number of carbonyl (C=O) groups excluding carboxylic acids is 2. The Balaban J connectivity index is 2.18. The molecule has 2 atom stereocenters. The van der Waals surface area contributed by atoms with Crippen LogP contribution in [0.4, 0.5) is 5.13 Å². The summed E-state index contributed by atoms with van der Waals surface area (Å²) in [5.74, 6) is -1.17. The first-order valence-electron chi connectivity index (χ1n) is 7.76. The fourth-order valence-electron chi connectivity index (χ4n) is 2.23. The van der Waals surface area contributed by atoms with Crippen molar-refractivity contribution >= 4 is 56.1 Å². The molecular formula is C13H19N5O6S3. The van der Waals surface area contributed by atoms with E-state index >= 15 is 0 Å². The van der Waals surface area contributed by atoms with Crippen molar-refractivity contribution in [3.63, 3.8) is 0 Å². The first-order chi connectivity index (χ1) is 12.7. The van der Waals surface area contributed by atoms with Crippen LogP contribution in [0.1, 0.15) is 25.5 Å². The van der Waals surface area contributed by atoms with Crippen LogP contribution in [0.5, 0.6) is 0 Å². The highest BCUT2D eigenvalue weighted by Crippen LogP contribution is 2.33. The van der Waals surface area contributed by atoms with Crippen molar-refractivity contribution in [3.05, 3.63) is 11.1 Å². The molecule has 150 valence electrons. The van der Waals surface area contributed by atoms with Gasteiger partial charge in [0.15, 0.2) is 10.8 Å². The second-order valence-electron chi connectivity index (χ2n) is 5.37. The molecule has 0 aliphatic carbocycles. The fraction of sp³-hybridized carbons (Fsp3) is 0.538. The molecule has 1 aromatic heterocycles. The van der Waals surface area contributed by atoms with Gasteiger partial charge < -0.3 is 15.9 Å². The number of oxime groups is 1. The Kier molecular flexibility index (Phi) is 7.02. The Hall–Kier alpha value is -1.90. The smallest absolute Gasteiger partial charge is 0.363 e. The Morgan fingerprint density at radius 1 is 1.59 bits per heavy atom. The van der Waals surface area contributed by atoms with Crippen molar-refractivity contribution in [3.8, 4) is 0 Å². The molecule has 1 aliphatic rings. The minimum Gasteiger partial charge on any atom is -0.398 e. The van der Waals surface area contributed by atoms with Crippen molar-refractivity contribution in [2.45, 2.75) is 31.2 Å². The Labute approximate surface area is 164 Å². The molecule has 1 aromatic rings. The molecule has 0 unspecified atom stereocenters. The van der Waals surface area contributed by atoms with Gasteiger partial charge in [-0.1, -0.05) is 18.5 Å². The van der Waals surface area contributed by atoms with Crippen LogP contribution in [0.2, 0.25) is 0 Å². The summed E-state index contributed by atoms with van der Waals surface area (Å²) in [5, 5.41) is 6.79. The zero-order valence-electron chi connectivity index (χ0n) is 14.5. The lowest BCUT2D eigenvalue weighted by Crippen LogP contribution is -2.71. The topological polar surface area (TPSA) is 164 Å². The van der Waals surface area contributed by atoms with Gasteiger partial charge in [-0.15, -0.1) is 23.1 Å². The highest BCUT2D eigenvalue weighted by molar-refractivity contribution is 8.00. The normalized spacial score (nSPS) is 20.3. The predicted octanol–water partition coefficient (Wildman–Crippen LogP) is 0.0650. The molecule has 1 aliphatic heterocycles. The predicted molar refractivity (Wildman–Crippen MR) is 102 cm³/mol. The SMILES string of the molecule is CCCCS[C@H]1[C@H](NC(=O)C(=NOC)c2csc(N)n2)C(=O)N1S(=O)(=O)O. The van der Waals surface area contributed by atoms with Gasteiger partial charge in [0.25, 0.3) is 11.8 Å². The van der Waals surface area contributed by atoms with Crippen molar-refractivity contribution in [1.82, 2.24) is 14.6 Å². The summed E-state index contributed by atoms with van der Waals surface area (Å²) in [6, 6.07) is -1.14. The van der Waals surface area contributed by atoms with E-state index < -0.39 is 33.5 Å². The van der Waals surface area contributed by atoms with Crippen molar-refractivity contribution in [1.29, 1.82) is 0 Å². The number of carbonyl (C=O) groups is 2. The van der Waals surface area contributed by atoms with E-state index in [1.165, 1.54) is 12.5 Å². The molecule has 14 heteroatoms. The van der Waals surface area contributed by atoms with Crippen molar-refractivity contribution in [2.75, 3.05) is 18.6 Å². The van der Waals surface area contributed by atoms with Gasteiger partial charge >= 0.3 is 10.3 Å². The average Bonchev–Trinajstić information content (AvgIpc) is 3.01.